The third-order valence-electron chi connectivity index (χ3n) is 4.53. The molecule has 2 aromatic rings. The Morgan fingerprint density at radius 2 is 2.00 bits per heavy atom. The van der Waals surface area contributed by atoms with Crippen molar-refractivity contribution in [1.29, 1.82) is 0 Å². The van der Waals surface area contributed by atoms with Crippen LogP contribution in [0, 0.1) is 15.9 Å². The summed E-state index contributed by atoms with van der Waals surface area (Å²) >= 11 is 0. The quantitative estimate of drug-likeness (QED) is 0.512. The molecule has 0 radical (unpaired) electrons. The Labute approximate surface area is 161 Å². The molecule has 28 heavy (non-hydrogen) atoms. The summed E-state index contributed by atoms with van der Waals surface area (Å²) in [5.41, 5.74) is 0.176. The molecule has 0 N–H and O–H groups in total. The standard InChI is InChI=1S/C20H21FN2O5/c21-17-8-2-1-6-15(17)12-22(13-16-7-5-11-27-16)20(24)14-28-19-10-4-3-9-18(19)23(25)26/h1-4,6,8-10,16H,5,7,11-14H2. The lowest BCUT2D eigenvalue weighted by molar-refractivity contribution is -0.385. The fourth-order valence-electron chi connectivity index (χ4n) is 3.08. The van der Waals surface area contributed by atoms with Gasteiger partial charge in [0.1, 0.15) is 5.82 Å². The molecule has 0 bridgehead atoms. The SMILES string of the molecule is O=C(COc1ccccc1[N+](=O)[O-])N(Cc1ccccc1F)CC1CCCO1. The number of hydrogen-bond acceptors (Lipinski definition) is 5. The first-order valence-corrected chi connectivity index (χ1v) is 9.03. The summed E-state index contributed by atoms with van der Waals surface area (Å²) in [6.45, 7) is 0.643. The molecule has 0 saturated carbocycles. The number of carbonyl (C=O) groups is 1. The van der Waals surface area contributed by atoms with Gasteiger partial charge < -0.3 is 14.4 Å². The Kier molecular flexibility index (Phi) is 6.54. The number of amides is 1. The smallest absolute Gasteiger partial charge is 0.310 e. The number of nitro groups is 1. The van der Waals surface area contributed by atoms with Crippen LogP contribution in [0.15, 0.2) is 48.5 Å². The van der Waals surface area contributed by atoms with E-state index in [9.17, 15) is 19.3 Å². The second-order valence-corrected chi connectivity index (χ2v) is 6.51. The molecule has 1 fully saturated rings. The molecule has 1 aliphatic rings. The highest BCUT2D eigenvalue weighted by Crippen LogP contribution is 2.26. The van der Waals surface area contributed by atoms with Crippen LogP contribution in [-0.2, 0) is 16.1 Å². The zero-order chi connectivity index (χ0) is 19.9. The zero-order valence-corrected chi connectivity index (χ0v) is 15.3. The summed E-state index contributed by atoms with van der Waals surface area (Å²) in [5, 5.41) is 11.1. The summed E-state index contributed by atoms with van der Waals surface area (Å²) in [6, 6.07) is 12.1. The minimum atomic E-state index is -0.566. The molecule has 1 aliphatic heterocycles. The van der Waals surface area contributed by atoms with E-state index in [0.717, 1.165) is 12.8 Å². The van der Waals surface area contributed by atoms with Crippen molar-refractivity contribution in [2.45, 2.75) is 25.5 Å². The van der Waals surface area contributed by atoms with Gasteiger partial charge in [0.2, 0.25) is 0 Å². The van der Waals surface area contributed by atoms with E-state index in [1.807, 2.05) is 0 Å². The van der Waals surface area contributed by atoms with Crippen molar-refractivity contribution in [1.82, 2.24) is 4.90 Å². The maximum absolute atomic E-state index is 14.0. The van der Waals surface area contributed by atoms with E-state index in [0.29, 0.717) is 18.7 Å². The average molecular weight is 388 g/mol. The van der Waals surface area contributed by atoms with Crippen molar-refractivity contribution in [2.24, 2.45) is 0 Å². The predicted molar refractivity (Wildman–Crippen MR) is 99.4 cm³/mol. The number of carbonyl (C=O) groups excluding carboxylic acids is 1. The highest BCUT2D eigenvalue weighted by Gasteiger charge is 2.24. The van der Waals surface area contributed by atoms with Crippen molar-refractivity contribution in [3.63, 3.8) is 0 Å². The number of nitrogens with zero attached hydrogens (tertiary/aromatic N) is 2. The minimum absolute atomic E-state index is 0.0174. The number of para-hydroxylation sites is 2. The number of hydrogen-bond donors (Lipinski definition) is 0. The summed E-state index contributed by atoms with van der Waals surface area (Å²) in [6.07, 6.45) is 1.63. The van der Waals surface area contributed by atoms with Crippen LogP contribution in [0.4, 0.5) is 10.1 Å². The molecule has 0 aliphatic carbocycles. The summed E-state index contributed by atoms with van der Waals surface area (Å²) in [4.78, 5) is 24.7. The Hall–Kier alpha value is -3.00. The van der Waals surface area contributed by atoms with Crippen LogP contribution < -0.4 is 4.74 Å². The first kappa shape index (κ1) is 19.8. The number of benzene rings is 2. The maximum Gasteiger partial charge on any atom is 0.310 e. The third kappa shape index (κ3) is 5.04. The van der Waals surface area contributed by atoms with Gasteiger partial charge in [-0.3, -0.25) is 14.9 Å². The fourth-order valence-corrected chi connectivity index (χ4v) is 3.08. The predicted octanol–water partition coefficient (Wildman–Crippen LogP) is 3.32. The Bertz CT molecular complexity index is 839. The van der Waals surface area contributed by atoms with Crippen molar-refractivity contribution in [3.8, 4) is 5.75 Å². The van der Waals surface area contributed by atoms with Gasteiger partial charge in [0, 0.05) is 31.3 Å². The van der Waals surface area contributed by atoms with Crippen LogP contribution >= 0.6 is 0 Å². The fraction of sp³-hybridized carbons (Fsp3) is 0.350. The molecule has 1 saturated heterocycles. The molecule has 1 unspecified atom stereocenters. The van der Waals surface area contributed by atoms with Gasteiger partial charge in [-0.25, -0.2) is 4.39 Å². The molecular weight excluding hydrogens is 367 g/mol. The van der Waals surface area contributed by atoms with Crippen LogP contribution in [0.25, 0.3) is 0 Å². The van der Waals surface area contributed by atoms with Crippen molar-refractivity contribution in [3.05, 3.63) is 70.0 Å². The molecule has 8 heteroatoms. The van der Waals surface area contributed by atoms with Gasteiger partial charge in [0.15, 0.2) is 12.4 Å². The molecule has 7 nitrogen and oxygen atoms in total. The number of nitro benzene ring substituents is 1. The third-order valence-corrected chi connectivity index (χ3v) is 4.53. The first-order chi connectivity index (χ1) is 13.5. The Morgan fingerprint density at radius 3 is 2.71 bits per heavy atom. The Balaban J connectivity index is 1.71. The normalized spacial score (nSPS) is 16.0. The molecule has 0 aromatic heterocycles. The average Bonchev–Trinajstić information content (AvgIpc) is 3.20. The van der Waals surface area contributed by atoms with Crippen LogP contribution in [0.1, 0.15) is 18.4 Å². The second-order valence-electron chi connectivity index (χ2n) is 6.51. The van der Waals surface area contributed by atoms with Crippen molar-refractivity contribution in [2.75, 3.05) is 19.8 Å². The van der Waals surface area contributed by atoms with Crippen LogP contribution in [0.2, 0.25) is 0 Å². The number of halogens is 1. The molecule has 2 aromatic carbocycles. The number of ether oxygens (including phenoxy) is 2. The zero-order valence-electron chi connectivity index (χ0n) is 15.3. The van der Waals surface area contributed by atoms with Crippen molar-refractivity contribution < 1.29 is 23.6 Å². The topological polar surface area (TPSA) is 81.9 Å². The van der Waals surface area contributed by atoms with Gasteiger partial charge >= 0.3 is 5.69 Å². The van der Waals surface area contributed by atoms with Gasteiger partial charge in [-0.15, -0.1) is 0 Å². The molecule has 148 valence electrons. The van der Waals surface area contributed by atoms with Gasteiger partial charge in [-0.1, -0.05) is 30.3 Å². The first-order valence-electron chi connectivity index (χ1n) is 9.03. The highest BCUT2D eigenvalue weighted by molar-refractivity contribution is 5.78. The second kappa shape index (κ2) is 9.27. The molecule has 3 rings (SSSR count). The van der Waals surface area contributed by atoms with E-state index in [-0.39, 0.29) is 30.7 Å². The largest absolute Gasteiger partial charge is 0.477 e. The molecular formula is C20H21FN2O5. The number of rotatable bonds is 8. The van der Waals surface area contributed by atoms with Gasteiger partial charge in [-0.2, -0.15) is 0 Å². The summed E-state index contributed by atoms with van der Waals surface area (Å²) < 4.78 is 25.0. The van der Waals surface area contributed by atoms with Crippen LogP contribution in [0.3, 0.4) is 0 Å². The van der Waals surface area contributed by atoms with E-state index >= 15 is 0 Å². The Morgan fingerprint density at radius 1 is 1.25 bits per heavy atom. The van der Waals surface area contributed by atoms with Gasteiger partial charge in [-0.05, 0) is 25.0 Å². The van der Waals surface area contributed by atoms with E-state index in [2.05, 4.69) is 0 Å². The molecule has 1 heterocycles. The summed E-state index contributed by atoms with van der Waals surface area (Å²) in [5.74, 6) is -0.770. The molecule has 0 spiro atoms. The van der Waals surface area contributed by atoms with E-state index in [1.165, 1.54) is 29.2 Å². The van der Waals surface area contributed by atoms with E-state index in [1.54, 1.807) is 24.3 Å². The highest BCUT2D eigenvalue weighted by atomic mass is 19.1. The lowest BCUT2D eigenvalue weighted by Gasteiger charge is -2.25. The van der Waals surface area contributed by atoms with E-state index in [4.69, 9.17) is 9.47 Å². The lowest BCUT2D eigenvalue weighted by Crippen LogP contribution is -2.39. The monoisotopic (exact) mass is 388 g/mol. The van der Waals surface area contributed by atoms with Crippen molar-refractivity contribution >= 4 is 11.6 Å². The van der Waals surface area contributed by atoms with Gasteiger partial charge in [0.05, 0.1) is 11.0 Å². The lowest BCUT2D eigenvalue weighted by atomic mass is 10.1. The van der Waals surface area contributed by atoms with Gasteiger partial charge in [0.25, 0.3) is 5.91 Å². The molecule has 1 amide bonds. The molecule has 1 atom stereocenters. The van der Waals surface area contributed by atoms with Crippen LogP contribution in [0.5, 0.6) is 5.75 Å². The summed E-state index contributed by atoms with van der Waals surface area (Å²) in [7, 11) is 0. The minimum Gasteiger partial charge on any atom is -0.477 e. The maximum atomic E-state index is 14.0. The van der Waals surface area contributed by atoms with Crippen LogP contribution in [-0.4, -0.2) is 41.6 Å². The van der Waals surface area contributed by atoms with E-state index < -0.39 is 16.6 Å².